The summed E-state index contributed by atoms with van der Waals surface area (Å²) in [4.78, 5) is 27.6. The number of carbonyl (C=O) groups excluding carboxylic acids is 2. The van der Waals surface area contributed by atoms with Gasteiger partial charge in [-0.25, -0.2) is 0 Å². The molecule has 1 aromatic rings. The van der Waals surface area contributed by atoms with E-state index in [0.717, 1.165) is 24.5 Å². The zero-order valence-corrected chi connectivity index (χ0v) is 17.6. The van der Waals surface area contributed by atoms with E-state index in [1.807, 2.05) is 37.8 Å². The molecule has 1 heterocycles. The van der Waals surface area contributed by atoms with E-state index in [0.29, 0.717) is 31.0 Å². The van der Waals surface area contributed by atoms with Gasteiger partial charge in [0.2, 0.25) is 11.8 Å². The van der Waals surface area contributed by atoms with Gasteiger partial charge in [0.15, 0.2) is 5.11 Å². The summed E-state index contributed by atoms with van der Waals surface area (Å²) in [7, 11) is 0. The van der Waals surface area contributed by atoms with Crippen molar-refractivity contribution in [3.63, 3.8) is 0 Å². The molecule has 1 aliphatic rings. The van der Waals surface area contributed by atoms with E-state index in [9.17, 15) is 9.59 Å². The van der Waals surface area contributed by atoms with Crippen LogP contribution in [-0.2, 0) is 9.59 Å². The Bertz CT molecular complexity index is 703. The van der Waals surface area contributed by atoms with Crippen molar-refractivity contribution >= 4 is 52.1 Å². The van der Waals surface area contributed by atoms with Crippen LogP contribution in [0, 0.1) is 5.92 Å². The number of carbonyl (C=O) groups is 2. The monoisotopic (exact) mass is 410 g/mol. The molecular weight excluding hydrogens is 384 g/mol. The minimum Gasteiger partial charge on any atom is -0.367 e. The molecule has 2 rings (SSSR count). The summed E-state index contributed by atoms with van der Waals surface area (Å²) >= 11 is 11.6. The molecule has 0 saturated carbocycles. The molecule has 2 N–H and O–H groups in total. The van der Waals surface area contributed by atoms with Gasteiger partial charge in [0.25, 0.3) is 0 Å². The first-order valence-corrected chi connectivity index (χ1v) is 10.0. The van der Waals surface area contributed by atoms with Crippen molar-refractivity contribution in [2.45, 2.75) is 33.6 Å². The highest BCUT2D eigenvalue weighted by atomic mass is 35.5. The third-order valence-electron chi connectivity index (χ3n) is 4.33. The minimum absolute atomic E-state index is 0.107. The fourth-order valence-corrected chi connectivity index (χ4v) is 3.50. The largest absolute Gasteiger partial charge is 0.367 e. The molecule has 1 aliphatic heterocycles. The van der Waals surface area contributed by atoms with Crippen molar-refractivity contribution in [3.8, 4) is 0 Å². The quantitative estimate of drug-likeness (QED) is 0.729. The summed E-state index contributed by atoms with van der Waals surface area (Å²) in [5.74, 6) is 0.354. The van der Waals surface area contributed by atoms with E-state index >= 15 is 0 Å². The van der Waals surface area contributed by atoms with Crippen LogP contribution in [0.4, 0.5) is 11.4 Å². The second-order valence-electron chi connectivity index (χ2n) is 6.99. The highest BCUT2D eigenvalue weighted by Crippen LogP contribution is 2.29. The second kappa shape index (κ2) is 9.90. The third-order valence-corrected chi connectivity index (χ3v) is 4.83. The Labute approximate surface area is 171 Å². The molecule has 27 heavy (non-hydrogen) atoms. The Morgan fingerprint density at radius 1 is 1.22 bits per heavy atom. The summed E-state index contributed by atoms with van der Waals surface area (Å²) in [6, 6.07) is 5.60. The van der Waals surface area contributed by atoms with Crippen molar-refractivity contribution in [1.82, 2.24) is 10.2 Å². The zero-order valence-electron chi connectivity index (χ0n) is 16.0. The van der Waals surface area contributed by atoms with Gasteiger partial charge in [0, 0.05) is 44.7 Å². The first-order valence-electron chi connectivity index (χ1n) is 9.23. The normalized spacial score (nSPS) is 14.3. The van der Waals surface area contributed by atoms with Crippen LogP contribution in [0.1, 0.15) is 33.6 Å². The van der Waals surface area contributed by atoms with Gasteiger partial charge < -0.3 is 20.4 Å². The highest BCUT2D eigenvalue weighted by Gasteiger charge is 2.21. The summed E-state index contributed by atoms with van der Waals surface area (Å²) < 4.78 is 0. The number of hydrogen-bond donors (Lipinski definition) is 2. The predicted molar refractivity (Wildman–Crippen MR) is 114 cm³/mol. The lowest BCUT2D eigenvalue weighted by atomic mass is 10.1. The molecule has 1 fully saturated rings. The molecule has 8 heteroatoms. The summed E-state index contributed by atoms with van der Waals surface area (Å²) in [5.41, 5.74) is 1.65. The van der Waals surface area contributed by atoms with E-state index < -0.39 is 0 Å². The molecule has 0 spiro atoms. The Morgan fingerprint density at radius 2 is 1.89 bits per heavy atom. The average molecular weight is 411 g/mol. The number of halogens is 1. The number of thiocarbonyl (C=S) groups is 1. The number of benzene rings is 1. The van der Waals surface area contributed by atoms with Crippen molar-refractivity contribution in [1.29, 1.82) is 0 Å². The maximum atomic E-state index is 11.8. The highest BCUT2D eigenvalue weighted by molar-refractivity contribution is 7.80. The van der Waals surface area contributed by atoms with Gasteiger partial charge in [-0.05, 0) is 36.3 Å². The molecule has 6 nitrogen and oxygen atoms in total. The van der Waals surface area contributed by atoms with E-state index in [1.165, 1.54) is 0 Å². The van der Waals surface area contributed by atoms with Crippen molar-refractivity contribution in [2.75, 3.05) is 36.4 Å². The number of piperazine rings is 1. The molecule has 0 atom stereocenters. The van der Waals surface area contributed by atoms with Crippen LogP contribution >= 0.6 is 23.8 Å². The number of anilines is 2. The third kappa shape index (κ3) is 6.36. The van der Waals surface area contributed by atoms with Gasteiger partial charge in [-0.15, -0.1) is 0 Å². The van der Waals surface area contributed by atoms with Crippen LogP contribution in [0.3, 0.4) is 0 Å². The van der Waals surface area contributed by atoms with E-state index in [4.69, 9.17) is 23.8 Å². The lowest BCUT2D eigenvalue weighted by Gasteiger charge is -2.36. The molecule has 2 amide bonds. The van der Waals surface area contributed by atoms with Gasteiger partial charge >= 0.3 is 0 Å². The van der Waals surface area contributed by atoms with Crippen LogP contribution in [0.2, 0.25) is 5.02 Å². The van der Waals surface area contributed by atoms with Gasteiger partial charge in [-0.1, -0.05) is 32.4 Å². The molecule has 1 saturated heterocycles. The Kier molecular flexibility index (Phi) is 7.86. The fourth-order valence-electron chi connectivity index (χ4n) is 2.97. The first-order chi connectivity index (χ1) is 12.8. The Morgan fingerprint density at radius 3 is 2.44 bits per heavy atom. The smallest absolute Gasteiger partial charge is 0.226 e. The van der Waals surface area contributed by atoms with Gasteiger partial charge in [0.05, 0.1) is 10.7 Å². The number of nitrogens with zero attached hydrogens (tertiary/aromatic N) is 2. The van der Waals surface area contributed by atoms with E-state index in [-0.39, 0.29) is 22.8 Å². The molecule has 0 radical (unpaired) electrons. The van der Waals surface area contributed by atoms with Crippen molar-refractivity contribution < 1.29 is 9.59 Å². The minimum atomic E-state index is -0.107. The molecular formula is C19H27ClN4O2S. The molecule has 1 aromatic carbocycles. The standard InChI is InChI=1S/C19H27ClN4O2S/c1-4-18(26)24-9-7-23(8-10-24)16-6-5-14(12-15(16)20)21-19(27)22-17(25)11-13(2)3/h5-6,12-13H,4,7-11H2,1-3H3,(H2,21,22,25,27). The van der Waals surface area contributed by atoms with Crippen LogP contribution in [-0.4, -0.2) is 48.0 Å². The maximum Gasteiger partial charge on any atom is 0.226 e. The Balaban J connectivity index is 1.93. The Hall–Kier alpha value is -1.86. The molecule has 0 bridgehead atoms. The predicted octanol–water partition coefficient (Wildman–Crippen LogP) is 3.26. The van der Waals surface area contributed by atoms with Crippen LogP contribution in [0.25, 0.3) is 0 Å². The van der Waals surface area contributed by atoms with E-state index in [2.05, 4.69) is 15.5 Å². The molecule has 0 aromatic heterocycles. The second-order valence-corrected chi connectivity index (χ2v) is 7.80. The summed E-state index contributed by atoms with van der Waals surface area (Å²) in [6.45, 7) is 8.75. The van der Waals surface area contributed by atoms with Crippen LogP contribution in [0.5, 0.6) is 0 Å². The van der Waals surface area contributed by atoms with Gasteiger partial charge in [0.1, 0.15) is 0 Å². The lowest BCUT2D eigenvalue weighted by Crippen LogP contribution is -2.48. The van der Waals surface area contributed by atoms with E-state index in [1.54, 1.807) is 6.07 Å². The van der Waals surface area contributed by atoms with Gasteiger partial charge in [-0.3, -0.25) is 9.59 Å². The van der Waals surface area contributed by atoms with Crippen LogP contribution in [0.15, 0.2) is 18.2 Å². The zero-order chi connectivity index (χ0) is 20.0. The SMILES string of the molecule is CCC(=O)N1CCN(c2ccc(NC(=S)NC(=O)CC(C)C)cc2Cl)CC1. The van der Waals surface area contributed by atoms with Crippen molar-refractivity contribution in [3.05, 3.63) is 23.2 Å². The molecule has 0 unspecified atom stereocenters. The molecule has 0 aliphatic carbocycles. The molecule has 148 valence electrons. The van der Waals surface area contributed by atoms with Crippen LogP contribution < -0.4 is 15.5 Å². The number of rotatable bonds is 5. The number of amides is 2. The topological polar surface area (TPSA) is 64.7 Å². The lowest BCUT2D eigenvalue weighted by molar-refractivity contribution is -0.131. The van der Waals surface area contributed by atoms with Crippen molar-refractivity contribution in [2.24, 2.45) is 5.92 Å². The number of nitrogens with one attached hydrogen (secondary N) is 2. The number of hydrogen-bond acceptors (Lipinski definition) is 4. The van der Waals surface area contributed by atoms with Gasteiger partial charge in [-0.2, -0.15) is 0 Å². The maximum absolute atomic E-state index is 11.8. The summed E-state index contributed by atoms with van der Waals surface area (Å²) in [5, 5.41) is 6.52. The average Bonchev–Trinajstić information content (AvgIpc) is 2.60. The summed E-state index contributed by atoms with van der Waals surface area (Å²) in [6.07, 6.45) is 0.961. The first kappa shape index (κ1) is 21.4. The fraction of sp³-hybridized carbons (Fsp3) is 0.526.